The molecule has 1 amide bonds. The zero-order chi connectivity index (χ0) is 21.1. The lowest BCUT2D eigenvalue weighted by Gasteiger charge is -2.10. The Hall–Kier alpha value is -3.22. The molecule has 2 aromatic rings. The van der Waals surface area contributed by atoms with Crippen LogP contribution in [0.4, 0.5) is 0 Å². The number of amides is 1. The highest BCUT2D eigenvalue weighted by Gasteiger charge is 2.09. The number of carbonyl (C=O) groups excluding carboxylic acids is 2. The van der Waals surface area contributed by atoms with Crippen molar-refractivity contribution < 1.29 is 28.5 Å². The van der Waals surface area contributed by atoms with Crippen molar-refractivity contribution in [1.29, 1.82) is 0 Å². The summed E-state index contributed by atoms with van der Waals surface area (Å²) < 4.78 is 20.9. The molecule has 0 aromatic heterocycles. The van der Waals surface area contributed by atoms with Gasteiger partial charge in [-0.15, -0.1) is 0 Å². The molecule has 0 unspecified atom stereocenters. The lowest BCUT2D eigenvalue weighted by Crippen LogP contribution is -2.30. The minimum Gasteiger partial charge on any atom is -0.494 e. The molecular weight excluding hydrogens is 374 g/mol. The number of esters is 1. The lowest BCUT2D eigenvalue weighted by atomic mass is 10.1. The van der Waals surface area contributed by atoms with Crippen molar-refractivity contribution in [3.8, 4) is 17.2 Å². The average molecular weight is 401 g/mol. The van der Waals surface area contributed by atoms with Gasteiger partial charge in [0, 0.05) is 6.54 Å². The van der Waals surface area contributed by atoms with Gasteiger partial charge in [0.15, 0.2) is 18.1 Å². The Labute approximate surface area is 170 Å². The molecular formula is C22H27NO6. The molecule has 0 aliphatic rings. The molecule has 7 nitrogen and oxygen atoms in total. The fourth-order valence-electron chi connectivity index (χ4n) is 2.67. The standard InChI is InChI=1S/C22H27NO6/c1-4-28-18-8-5-16(6-9-18)14-22(25)29-15-21(24)23-12-11-17-7-10-19(26-2)20(13-17)27-3/h5-10,13H,4,11-12,14-15H2,1-3H3,(H,23,24). The normalized spacial score (nSPS) is 10.2. The van der Waals surface area contributed by atoms with Gasteiger partial charge in [0.05, 0.1) is 27.2 Å². The van der Waals surface area contributed by atoms with Crippen molar-refractivity contribution in [2.24, 2.45) is 0 Å². The van der Waals surface area contributed by atoms with Crippen LogP contribution in [-0.2, 0) is 27.2 Å². The van der Waals surface area contributed by atoms with Crippen molar-refractivity contribution in [3.63, 3.8) is 0 Å². The number of hydrogen-bond donors (Lipinski definition) is 1. The van der Waals surface area contributed by atoms with E-state index in [2.05, 4.69) is 5.32 Å². The fraction of sp³-hybridized carbons (Fsp3) is 0.364. The third-order valence-electron chi connectivity index (χ3n) is 4.13. The van der Waals surface area contributed by atoms with Crippen molar-refractivity contribution in [1.82, 2.24) is 5.32 Å². The molecule has 0 atom stereocenters. The van der Waals surface area contributed by atoms with Gasteiger partial charge in [0.2, 0.25) is 0 Å². The zero-order valence-electron chi connectivity index (χ0n) is 17.0. The van der Waals surface area contributed by atoms with Crippen LogP contribution in [-0.4, -0.2) is 45.9 Å². The predicted octanol–water partition coefficient (Wildman–Crippen LogP) is 2.55. The highest BCUT2D eigenvalue weighted by Crippen LogP contribution is 2.27. The van der Waals surface area contributed by atoms with Crippen LogP contribution in [0.1, 0.15) is 18.1 Å². The molecule has 0 saturated carbocycles. The van der Waals surface area contributed by atoms with Gasteiger partial charge >= 0.3 is 5.97 Å². The second-order valence-corrected chi connectivity index (χ2v) is 6.20. The van der Waals surface area contributed by atoms with Crippen LogP contribution in [0, 0.1) is 0 Å². The van der Waals surface area contributed by atoms with Gasteiger partial charge in [-0.3, -0.25) is 9.59 Å². The quantitative estimate of drug-likeness (QED) is 0.583. The summed E-state index contributed by atoms with van der Waals surface area (Å²) >= 11 is 0. The first kappa shape index (κ1) is 22.1. The number of rotatable bonds is 11. The van der Waals surface area contributed by atoms with Crippen molar-refractivity contribution in [3.05, 3.63) is 53.6 Å². The summed E-state index contributed by atoms with van der Waals surface area (Å²) in [5.41, 5.74) is 1.79. The first-order valence-corrected chi connectivity index (χ1v) is 9.40. The Kier molecular flexibility index (Phi) is 8.82. The van der Waals surface area contributed by atoms with E-state index in [1.807, 2.05) is 25.1 Å². The number of ether oxygens (including phenoxy) is 4. The van der Waals surface area contributed by atoms with Gasteiger partial charge in [0.25, 0.3) is 5.91 Å². The van der Waals surface area contributed by atoms with Gasteiger partial charge in [0.1, 0.15) is 5.75 Å². The molecule has 2 aromatic carbocycles. The highest BCUT2D eigenvalue weighted by molar-refractivity contribution is 5.81. The topological polar surface area (TPSA) is 83.1 Å². The summed E-state index contributed by atoms with van der Waals surface area (Å²) in [6.07, 6.45) is 0.720. The van der Waals surface area contributed by atoms with Crippen LogP contribution in [0.25, 0.3) is 0 Å². The first-order valence-electron chi connectivity index (χ1n) is 9.40. The lowest BCUT2D eigenvalue weighted by molar-refractivity contribution is -0.147. The van der Waals surface area contributed by atoms with Crippen LogP contribution in [0.15, 0.2) is 42.5 Å². The number of benzene rings is 2. The van der Waals surface area contributed by atoms with Crippen molar-refractivity contribution in [2.75, 3.05) is 34.0 Å². The Balaban J connectivity index is 1.69. The second-order valence-electron chi connectivity index (χ2n) is 6.20. The fourth-order valence-corrected chi connectivity index (χ4v) is 2.67. The summed E-state index contributed by atoms with van der Waals surface area (Å²) in [6.45, 7) is 2.61. The SMILES string of the molecule is CCOc1ccc(CC(=O)OCC(=O)NCCc2ccc(OC)c(OC)c2)cc1. The maximum absolute atomic E-state index is 11.9. The molecule has 0 spiro atoms. The predicted molar refractivity (Wildman–Crippen MR) is 109 cm³/mol. The van der Waals surface area contributed by atoms with Crippen LogP contribution < -0.4 is 19.5 Å². The number of carbonyl (C=O) groups is 2. The van der Waals surface area contributed by atoms with Gasteiger partial charge in [-0.2, -0.15) is 0 Å². The van der Waals surface area contributed by atoms with E-state index >= 15 is 0 Å². The molecule has 0 heterocycles. The van der Waals surface area contributed by atoms with Crippen LogP contribution >= 0.6 is 0 Å². The molecule has 0 saturated heterocycles. The van der Waals surface area contributed by atoms with Gasteiger partial charge in [-0.1, -0.05) is 18.2 Å². The molecule has 0 aliphatic heterocycles. The molecule has 0 radical (unpaired) electrons. The van der Waals surface area contributed by atoms with Crippen molar-refractivity contribution >= 4 is 11.9 Å². The summed E-state index contributed by atoms with van der Waals surface area (Å²) in [4.78, 5) is 23.8. The van der Waals surface area contributed by atoms with Crippen molar-refractivity contribution in [2.45, 2.75) is 19.8 Å². The summed E-state index contributed by atoms with van der Waals surface area (Å²) in [5.74, 6) is 1.24. The third-order valence-corrected chi connectivity index (χ3v) is 4.13. The molecule has 0 aliphatic carbocycles. The Morgan fingerprint density at radius 2 is 1.62 bits per heavy atom. The number of methoxy groups -OCH3 is 2. The molecule has 29 heavy (non-hydrogen) atoms. The summed E-state index contributed by atoms with van der Waals surface area (Å²) in [7, 11) is 3.15. The second kappa shape index (κ2) is 11.6. The highest BCUT2D eigenvalue weighted by atomic mass is 16.5. The molecule has 2 rings (SSSR count). The Morgan fingerprint density at radius 1 is 0.931 bits per heavy atom. The van der Waals surface area contributed by atoms with E-state index in [9.17, 15) is 9.59 Å². The monoisotopic (exact) mass is 401 g/mol. The van der Waals surface area contributed by atoms with Gasteiger partial charge in [-0.25, -0.2) is 0 Å². The average Bonchev–Trinajstić information content (AvgIpc) is 2.73. The van der Waals surface area contributed by atoms with E-state index in [0.29, 0.717) is 31.1 Å². The molecule has 156 valence electrons. The summed E-state index contributed by atoms with van der Waals surface area (Å²) in [5, 5.41) is 2.73. The third kappa shape index (κ3) is 7.37. The van der Waals surface area contributed by atoms with E-state index in [0.717, 1.165) is 16.9 Å². The zero-order valence-corrected chi connectivity index (χ0v) is 17.0. The van der Waals surface area contributed by atoms with E-state index < -0.39 is 5.97 Å². The van der Waals surface area contributed by atoms with Gasteiger partial charge in [-0.05, 0) is 48.7 Å². The molecule has 1 N–H and O–H groups in total. The first-order chi connectivity index (χ1) is 14.0. The number of nitrogens with one attached hydrogen (secondary N) is 1. The van der Waals surface area contributed by atoms with E-state index in [4.69, 9.17) is 18.9 Å². The minimum absolute atomic E-state index is 0.103. The Bertz CT molecular complexity index is 803. The van der Waals surface area contributed by atoms with Crippen LogP contribution in [0.3, 0.4) is 0 Å². The molecule has 7 heteroatoms. The van der Waals surface area contributed by atoms with E-state index in [1.165, 1.54) is 0 Å². The maximum Gasteiger partial charge on any atom is 0.310 e. The van der Waals surface area contributed by atoms with Crippen LogP contribution in [0.2, 0.25) is 0 Å². The van der Waals surface area contributed by atoms with Gasteiger partial charge < -0.3 is 24.3 Å². The Morgan fingerprint density at radius 3 is 2.28 bits per heavy atom. The molecule has 0 fully saturated rings. The largest absolute Gasteiger partial charge is 0.494 e. The van der Waals surface area contributed by atoms with E-state index in [-0.39, 0.29) is 18.9 Å². The van der Waals surface area contributed by atoms with E-state index in [1.54, 1.807) is 38.5 Å². The summed E-state index contributed by atoms with van der Waals surface area (Å²) in [6, 6.07) is 12.8. The minimum atomic E-state index is -0.454. The smallest absolute Gasteiger partial charge is 0.310 e. The van der Waals surface area contributed by atoms with Crippen LogP contribution in [0.5, 0.6) is 17.2 Å². The molecule has 0 bridgehead atoms. The number of hydrogen-bond acceptors (Lipinski definition) is 6. The maximum atomic E-state index is 11.9.